The molecule has 0 aromatic carbocycles. The minimum atomic E-state index is -0.486. The third-order valence-electron chi connectivity index (χ3n) is 5.67. The summed E-state index contributed by atoms with van der Waals surface area (Å²) in [5.74, 6) is 3.28. The Kier molecular flexibility index (Phi) is 5.15. The first kappa shape index (κ1) is 18.8. The fourth-order valence-electron chi connectivity index (χ4n) is 4.00. The van der Waals surface area contributed by atoms with Gasteiger partial charge in [0.05, 0.1) is 13.2 Å². The Labute approximate surface area is 173 Å². The summed E-state index contributed by atoms with van der Waals surface area (Å²) in [6.07, 6.45) is 6.35. The van der Waals surface area contributed by atoms with E-state index in [2.05, 4.69) is 19.9 Å². The maximum atomic E-state index is 12.9. The highest BCUT2D eigenvalue weighted by molar-refractivity contribution is 7.99. The van der Waals surface area contributed by atoms with E-state index in [0.29, 0.717) is 50.7 Å². The molecule has 0 saturated carbocycles. The smallest absolute Gasteiger partial charge is 0.274 e. The van der Waals surface area contributed by atoms with E-state index in [1.165, 1.54) is 0 Å². The number of hydrogen-bond acceptors (Lipinski definition) is 8. The Morgan fingerprint density at radius 2 is 1.72 bits per heavy atom. The fourth-order valence-corrected chi connectivity index (χ4v) is 4.90. The molecule has 3 aliphatic rings. The first-order chi connectivity index (χ1) is 14.2. The van der Waals surface area contributed by atoms with E-state index in [9.17, 15) is 4.79 Å². The van der Waals surface area contributed by atoms with Gasteiger partial charge in [0, 0.05) is 62.8 Å². The molecule has 1 amide bonds. The second-order valence-electron chi connectivity index (χ2n) is 7.40. The number of rotatable bonds is 3. The maximum Gasteiger partial charge on any atom is 0.274 e. The normalized spacial score (nSPS) is 21.7. The second kappa shape index (κ2) is 7.92. The number of imidazole rings is 1. The topological polar surface area (TPSA) is 85.6 Å². The van der Waals surface area contributed by atoms with Crippen LogP contribution < -0.4 is 4.90 Å². The number of carbonyl (C=O) groups is 1. The molecule has 3 fully saturated rings. The van der Waals surface area contributed by atoms with Crippen molar-refractivity contribution in [3.63, 3.8) is 0 Å². The molecular formula is C19H24N6O3S. The predicted molar refractivity (Wildman–Crippen MR) is 108 cm³/mol. The summed E-state index contributed by atoms with van der Waals surface area (Å²) >= 11 is 1.96. The van der Waals surface area contributed by atoms with E-state index < -0.39 is 5.79 Å². The highest BCUT2D eigenvalue weighted by Gasteiger charge is 2.41. The lowest BCUT2D eigenvalue weighted by Crippen LogP contribution is -2.47. The van der Waals surface area contributed by atoms with Crippen LogP contribution in [0.25, 0.3) is 5.82 Å². The third kappa shape index (κ3) is 3.84. The lowest BCUT2D eigenvalue weighted by atomic mass is 10.0. The summed E-state index contributed by atoms with van der Waals surface area (Å²) in [4.78, 5) is 30.1. The Balaban J connectivity index is 1.27. The molecule has 0 unspecified atom stereocenters. The number of aromatic nitrogens is 4. The van der Waals surface area contributed by atoms with E-state index in [1.807, 2.05) is 22.7 Å². The van der Waals surface area contributed by atoms with Crippen LogP contribution in [0.15, 0.2) is 24.9 Å². The number of piperidine rings is 1. The number of thioether (sulfide) groups is 1. The van der Waals surface area contributed by atoms with E-state index >= 15 is 0 Å². The molecule has 0 bridgehead atoms. The average Bonchev–Trinajstić information content (AvgIpc) is 3.45. The van der Waals surface area contributed by atoms with Crippen molar-refractivity contribution < 1.29 is 14.3 Å². The van der Waals surface area contributed by atoms with E-state index in [-0.39, 0.29) is 5.91 Å². The Hall–Kier alpha value is -2.17. The number of amides is 1. The first-order valence-corrected chi connectivity index (χ1v) is 11.1. The van der Waals surface area contributed by atoms with Gasteiger partial charge in [-0.1, -0.05) is 0 Å². The Bertz CT molecular complexity index is 868. The molecule has 1 spiro atoms. The molecule has 0 N–H and O–H groups in total. The van der Waals surface area contributed by atoms with Crippen LogP contribution >= 0.6 is 11.8 Å². The van der Waals surface area contributed by atoms with Crippen LogP contribution in [0.4, 0.5) is 5.82 Å². The number of hydrogen-bond donors (Lipinski definition) is 0. The summed E-state index contributed by atoms with van der Waals surface area (Å²) in [5.41, 5.74) is 0.420. The minimum absolute atomic E-state index is 0.0704. The minimum Gasteiger partial charge on any atom is -0.355 e. The van der Waals surface area contributed by atoms with Gasteiger partial charge in [-0.15, -0.1) is 0 Å². The lowest BCUT2D eigenvalue weighted by molar-refractivity contribution is -0.181. The standard InChI is InChI=1S/C19H24N6O3S/c26-18(24-3-1-19(2-4-24)27-7-8-28-19)15-12-25(14-22-15)17-11-16(20-13-21-17)23-5-9-29-10-6-23/h11-14H,1-10H2. The van der Waals surface area contributed by atoms with Gasteiger partial charge in [-0.25, -0.2) is 15.0 Å². The van der Waals surface area contributed by atoms with Crippen LogP contribution in [-0.4, -0.2) is 87.0 Å². The van der Waals surface area contributed by atoms with E-state index in [4.69, 9.17) is 9.47 Å². The molecule has 5 heterocycles. The van der Waals surface area contributed by atoms with Gasteiger partial charge >= 0.3 is 0 Å². The molecule has 0 aliphatic carbocycles. The molecular weight excluding hydrogens is 392 g/mol. The van der Waals surface area contributed by atoms with Gasteiger partial charge in [0.25, 0.3) is 5.91 Å². The van der Waals surface area contributed by atoms with Crippen molar-refractivity contribution in [3.8, 4) is 5.82 Å². The van der Waals surface area contributed by atoms with Crippen molar-refractivity contribution in [3.05, 3.63) is 30.6 Å². The number of nitrogens with zero attached hydrogens (tertiary/aromatic N) is 6. The molecule has 0 radical (unpaired) electrons. The molecule has 5 rings (SSSR count). The summed E-state index contributed by atoms with van der Waals surface area (Å²) in [5, 5.41) is 0. The zero-order valence-electron chi connectivity index (χ0n) is 16.2. The van der Waals surface area contributed by atoms with Crippen molar-refractivity contribution >= 4 is 23.5 Å². The van der Waals surface area contributed by atoms with Gasteiger partial charge in [0.2, 0.25) is 0 Å². The quantitative estimate of drug-likeness (QED) is 0.738. The number of ether oxygens (including phenoxy) is 2. The zero-order valence-corrected chi connectivity index (χ0v) is 17.0. The van der Waals surface area contributed by atoms with E-state index in [1.54, 1.807) is 23.4 Å². The van der Waals surface area contributed by atoms with Crippen LogP contribution in [0.3, 0.4) is 0 Å². The van der Waals surface area contributed by atoms with Crippen LogP contribution in [-0.2, 0) is 9.47 Å². The SMILES string of the molecule is O=C(c1cn(-c2cc(N3CCSCC3)ncn2)cn1)N1CCC2(CC1)OCCO2. The largest absolute Gasteiger partial charge is 0.355 e. The lowest BCUT2D eigenvalue weighted by Gasteiger charge is -2.37. The van der Waals surface area contributed by atoms with Crippen molar-refractivity contribution in [2.24, 2.45) is 0 Å². The van der Waals surface area contributed by atoms with E-state index in [0.717, 1.165) is 30.4 Å². The van der Waals surface area contributed by atoms with Gasteiger partial charge in [0.1, 0.15) is 30.0 Å². The van der Waals surface area contributed by atoms with Gasteiger partial charge in [-0.2, -0.15) is 11.8 Å². The molecule has 3 aliphatic heterocycles. The van der Waals surface area contributed by atoms with Gasteiger partial charge in [-0.05, 0) is 0 Å². The predicted octanol–water partition coefficient (Wildman–Crippen LogP) is 1.19. The number of likely N-dealkylation sites (tertiary alicyclic amines) is 1. The van der Waals surface area contributed by atoms with Crippen LogP contribution in [0.5, 0.6) is 0 Å². The van der Waals surface area contributed by atoms with Crippen LogP contribution in [0, 0.1) is 0 Å². The summed E-state index contributed by atoms with van der Waals surface area (Å²) < 4.78 is 13.3. The van der Waals surface area contributed by atoms with Gasteiger partial charge < -0.3 is 19.3 Å². The summed E-state index contributed by atoms with van der Waals surface area (Å²) in [6, 6.07) is 1.95. The molecule has 29 heavy (non-hydrogen) atoms. The molecule has 9 nitrogen and oxygen atoms in total. The summed E-state index contributed by atoms with van der Waals surface area (Å²) in [6.45, 7) is 4.45. The molecule has 0 atom stereocenters. The molecule has 10 heteroatoms. The molecule has 2 aromatic heterocycles. The number of anilines is 1. The van der Waals surface area contributed by atoms with Crippen LogP contribution in [0.2, 0.25) is 0 Å². The van der Waals surface area contributed by atoms with Crippen molar-refractivity contribution in [1.82, 2.24) is 24.4 Å². The van der Waals surface area contributed by atoms with Crippen molar-refractivity contribution in [2.45, 2.75) is 18.6 Å². The van der Waals surface area contributed by atoms with Gasteiger partial charge in [-0.3, -0.25) is 9.36 Å². The first-order valence-electron chi connectivity index (χ1n) is 9.99. The summed E-state index contributed by atoms with van der Waals surface area (Å²) in [7, 11) is 0. The van der Waals surface area contributed by atoms with Crippen molar-refractivity contribution in [1.29, 1.82) is 0 Å². The third-order valence-corrected chi connectivity index (χ3v) is 6.61. The zero-order chi connectivity index (χ0) is 19.7. The number of carbonyl (C=O) groups excluding carboxylic acids is 1. The fraction of sp³-hybridized carbons (Fsp3) is 0.579. The molecule has 154 valence electrons. The molecule has 2 aromatic rings. The maximum absolute atomic E-state index is 12.9. The van der Waals surface area contributed by atoms with Crippen LogP contribution in [0.1, 0.15) is 23.3 Å². The average molecular weight is 417 g/mol. The monoisotopic (exact) mass is 416 g/mol. The second-order valence-corrected chi connectivity index (χ2v) is 8.62. The Morgan fingerprint density at radius 1 is 1.00 bits per heavy atom. The highest BCUT2D eigenvalue weighted by Crippen LogP contribution is 2.31. The van der Waals surface area contributed by atoms with Gasteiger partial charge in [0.15, 0.2) is 5.79 Å². The Morgan fingerprint density at radius 3 is 2.48 bits per heavy atom. The van der Waals surface area contributed by atoms with Crippen molar-refractivity contribution in [2.75, 3.05) is 55.8 Å². The highest BCUT2D eigenvalue weighted by atomic mass is 32.2. The molecule has 3 saturated heterocycles.